The summed E-state index contributed by atoms with van der Waals surface area (Å²) >= 11 is 0. The van der Waals surface area contributed by atoms with Crippen LogP contribution in [0.4, 0.5) is 5.69 Å². The van der Waals surface area contributed by atoms with Crippen LogP contribution in [0.5, 0.6) is 5.75 Å². The van der Waals surface area contributed by atoms with Crippen molar-refractivity contribution < 1.29 is 9.66 Å². The second kappa shape index (κ2) is 6.22. The molecular weight excluding hydrogens is 308 g/mol. The Morgan fingerprint density at radius 2 is 2.00 bits per heavy atom. The lowest BCUT2D eigenvalue weighted by Crippen LogP contribution is -1.96. The molecule has 3 aromatic rings. The van der Waals surface area contributed by atoms with Crippen molar-refractivity contribution in [3.8, 4) is 28.8 Å². The molecule has 0 N–H and O–H groups in total. The van der Waals surface area contributed by atoms with Crippen molar-refractivity contribution in [1.29, 1.82) is 5.26 Å². The van der Waals surface area contributed by atoms with Crippen LogP contribution in [0, 0.1) is 21.4 Å². The number of nitro benzene ring substituents is 1. The lowest BCUT2D eigenvalue weighted by atomic mass is 10.1. The number of benzene rings is 2. The first kappa shape index (κ1) is 15.2. The molecular formula is C17H12N4O3. The quantitative estimate of drug-likeness (QED) is 0.543. The summed E-state index contributed by atoms with van der Waals surface area (Å²) in [6.45, 7) is 0. The van der Waals surface area contributed by atoms with Gasteiger partial charge in [0.25, 0.3) is 0 Å². The van der Waals surface area contributed by atoms with Crippen molar-refractivity contribution in [2.45, 2.75) is 0 Å². The molecule has 7 heteroatoms. The second-order valence-electron chi connectivity index (χ2n) is 4.93. The van der Waals surface area contributed by atoms with Gasteiger partial charge in [0.15, 0.2) is 5.75 Å². The van der Waals surface area contributed by atoms with E-state index in [2.05, 4.69) is 11.2 Å². The van der Waals surface area contributed by atoms with Gasteiger partial charge in [0.2, 0.25) is 0 Å². The van der Waals surface area contributed by atoms with Crippen LogP contribution in [-0.2, 0) is 0 Å². The fourth-order valence-electron chi connectivity index (χ4n) is 2.36. The highest BCUT2D eigenvalue weighted by atomic mass is 16.6. The molecule has 0 bridgehead atoms. The molecule has 1 heterocycles. The summed E-state index contributed by atoms with van der Waals surface area (Å²) in [5.41, 5.74) is 1.82. The maximum atomic E-state index is 11.2. The van der Waals surface area contributed by atoms with Crippen LogP contribution in [0.3, 0.4) is 0 Å². The summed E-state index contributed by atoms with van der Waals surface area (Å²) in [5, 5.41) is 24.9. The van der Waals surface area contributed by atoms with E-state index in [-0.39, 0.29) is 11.4 Å². The summed E-state index contributed by atoms with van der Waals surface area (Å²) in [7, 11) is 1.37. The molecule has 0 radical (unpaired) electrons. The number of nitrogens with zero attached hydrogens (tertiary/aromatic N) is 4. The molecule has 0 amide bonds. The van der Waals surface area contributed by atoms with E-state index in [1.54, 1.807) is 16.9 Å². The maximum absolute atomic E-state index is 11.2. The van der Waals surface area contributed by atoms with Gasteiger partial charge in [0, 0.05) is 17.8 Å². The summed E-state index contributed by atoms with van der Waals surface area (Å²) in [6.07, 6.45) is 1.60. The zero-order chi connectivity index (χ0) is 17.1. The highest BCUT2D eigenvalue weighted by Crippen LogP contribution is 2.33. The van der Waals surface area contributed by atoms with Crippen LogP contribution in [-0.4, -0.2) is 21.8 Å². The van der Waals surface area contributed by atoms with Crippen molar-refractivity contribution in [3.05, 3.63) is 70.4 Å². The fraction of sp³-hybridized carbons (Fsp3) is 0.0588. The summed E-state index contributed by atoms with van der Waals surface area (Å²) in [6, 6.07) is 15.9. The van der Waals surface area contributed by atoms with E-state index in [9.17, 15) is 15.4 Å². The second-order valence-corrected chi connectivity index (χ2v) is 4.93. The van der Waals surface area contributed by atoms with Crippen LogP contribution in [0.1, 0.15) is 5.56 Å². The zero-order valence-electron chi connectivity index (χ0n) is 12.7. The standard InChI is InChI=1S/C17H12N4O3/c1-24-16-8-7-12(9-15(16)21(22)23)17-13(10-18)11-20(19-17)14-5-3-2-4-6-14/h2-9,11H,1H3. The Hall–Kier alpha value is -3.66. The Labute approximate surface area is 137 Å². The van der Waals surface area contributed by atoms with Crippen LogP contribution in [0.25, 0.3) is 16.9 Å². The van der Waals surface area contributed by atoms with Crippen molar-refractivity contribution in [1.82, 2.24) is 9.78 Å². The van der Waals surface area contributed by atoms with Gasteiger partial charge in [-0.05, 0) is 24.3 Å². The number of para-hydroxylation sites is 1. The van der Waals surface area contributed by atoms with Crippen molar-refractivity contribution in [2.75, 3.05) is 7.11 Å². The predicted octanol–water partition coefficient (Wildman–Crippen LogP) is 3.33. The molecule has 0 unspecified atom stereocenters. The first-order chi connectivity index (χ1) is 11.6. The van der Waals surface area contributed by atoms with E-state index in [1.165, 1.54) is 19.2 Å². The van der Waals surface area contributed by atoms with E-state index in [0.29, 0.717) is 16.8 Å². The Kier molecular flexibility index (Phi) is 3.95. The third-order valence-electron chi connectivity index (χ3n) is 3.50. The van der Waals surface area contributed by atoms with Gasteiger partial charge in [-0.25, -0.2) is 4.68 Å². The Balaban J connectivity index is 2.13. The predicted molar refractivity (Wildman–Crippen MR) is 86.9 cm³/mol. The smallest absolute Gasteiger partial charge is 0.311 e. The number of hydrogen-bond donors (Lipinski definition) is 0. The first-order valence-electron chi connectivity index (χ1n) is 7.02. The number of nitro groups is 1. The van der Waals surface area contributed by atoms with Gasteiger partial charge >= 0.3 is 5.69 Å². The van der Waals surface area contributed by atoms with Gasteiger partial charge in [-0.15, -0.1) is 0 Å². The minimum absolute atomic E-state index is 0.157. The van der Waals surface area contributed by atoms with Gasteiger partial charge in [-0.3, -0.25) is 10.1 Å². The van der Waals surface area contributed by atoms with E-state index in [1.807, 2.05) is 30.3 Å². The normalized spacial score (nSPS) is 10.2. The van der Waals surface area contributed by atoms with Crippen molar-refractivity contribution in [2.24, 2.45) is 0 Å². The molecule has 0 spiro atoms. The number of rotatable bonds is 4. The Morgan fingerprint density at radius 3 is 2.62 bits per heavy atom. The molecule has 3 rings (SSSR count). The molecule has 2 aromatic carbocycles. The van der Waals surface area contributed by atoms with Crippen LogP contribution < -0.4 is 4.74 Å². The third kappa shape index (κ3) is 2.68. The molecule has 24 heavy (non-hydrogen) atoms. The van der Waals surface area contributed by atoms with Crippen molar-refractivity contribution in [3.63, 3.8) is 0 Å². The molecule has 1 aromatic heterocycles. The Bertz CT molecular complexity index is 942. The topological polar surface area (TPSA) is 94.0 Å². The molecule has 0 aliphatic carbocycles. The molecule has 7 nitrogen and oxygen atoms in total. The number of methoxy groups -OCH3 is 1. The lowest BCUT2D eigenvalue weighted by Gasteiger charge is -2.04. The van der Waals surface area contributed by atoms with E-state index >= 15 is 0 Å². The van der Waals surface area contributed by atoms with Gasteiger partial charge in [-0.1, -0.05) is 18.2 Å². The number of nitriles is 1. The maximum Gasteiger partial charge on any atom is 0.311 e. The number of aromatic nitrogens is 2. The minimum atomic E-state index is -0.525. The molecule has 118 valence electrons. The zero-order valence-corrected chi connectivity index (χ0v) is 12.7. The van der Waals surface area contributed by atoms with Gasteiger partial charge in [0.05, 0.1) is 23.3 Å². The highest BCUT2D eigenvalue weighted by molar-refractivity contribution is 5.70. The molecule has 0 atom stereocenters. The van der Waals surface area contributed by atoms with Gasteiger partial charge in [0.1, 0.15) is 11.8 Å². The monoisotopic (exact) mass is 320 g/mol. The average Bonchev–Trinajstić information content (AvgIpc) is 3.06. The molecule has 0 fully saturated rings. The molecule has 0 aliphatic heterocycles. The summed E-state index contributed by atoms with van der Waals surface area (Å²) < 4.78 is 6.57. The van der Waals surface area contributed by atoms with Crippen LogP contribution in [0.15, 0.2) is 54.7 Å². The van der Waals surface area contributed by atoms with E-state index in [4.69, 9.17) is 4.74 Å². The molecule has 0 saturated heterocycles. The highest BCUT2D eigenvalue weighted by Gasteiger charge is 2.19. The number of ether oxygens (including phenoxy) is 1. The van der Waals surface area contributed by atoms with Crippen molar-refractivity contribution >= 4 is 5.69 Å². The van der Waals surface area contributed by atoms with Crippen LogP contribution in [0.2, 0.25) is 0 Å². The van der Waals surface area contributed by atoms with Gasteiger partial charge in [-0.2, -0.15) is 10.4 Å². The molecule has 0 aliphatic rings. The number of hydrogen-bond acceptors (Lipinski definition) is 5. The average molecular weight is 320 g/mol. The van der Waals surface area contributed by atoms with E-state index in [0.717, 1.165) is 5.69 Å². The SMILES string of the molecule is COc1ccc(-c2nn(-c3ccccc3)cc2C#N)cc1[N+](=O)[O-]. The summed E-state index contributed by atoms with van der Waals surface area (Å²) in [5.74, 6) is 0.157. The summed E-state index contributed by atoms with van der Waals surface area (Å²) in [4.78, 5) is 10.7. The van der Waals surface area contributed by atoms with Crippen LogP contribution >= 0.6 is 0 Å². The lowest BCUT2D eigenvalue weighted by molar-refractivity contribution is -0.385. The minimum Gasteiger partial charge on any atom is -0.490 e. The first-order valence-corrected chi connectivity index (χ1v) is 7.02. The Morgan fingerprint density at radius 1 is 1.25 bits per heavy atom. The van der Waals surface area contributed by atoms with Gasteiger partial charge < -0.3 is 4.74 Å². The largest absolute Gasteiger partial charge is 0.490 e. The third-order valence-corrected chi connectivity index (χ3v) is 3.50. The fourth-order valence-corrected chi connectivity index (χ4v) is 2.36. The van der Waals surface area contributed by atoms with E-state index < -0.39 is 4.92 Å². The molecule has 0 saturated carbocycles.